The fourth-order valence-electron chi connectivity index (χ4n) is 1.54. The molecule has 3 N–H and O–H groups in total. The number of nitrogens with two attached hydrogens (primary N) is 1. The van der Waals surface area contributed by atoms with E-state index < -0.39 is 0 Å². The quantitative estimate of drug-likeness (QED) is 0.743. The summed E-state index contributed by atoms with van der Waals surface area (Å²) < 4.78 is 3.29. The predicted molar refractivity (Wildman–Crippen MR) is 58.4 cm³/mol. The Balaban J connectivity index is 2.41. The Bertz CT molecular complexity index is 474. The minimum Gasteiger partial charge on any atom is -0.394 e. The van der Waals surface area contributed by atoms with E-state index >= 15 is 0 Å². The first-order valence-corrected chi connectivity index (χ1v) is 5.08. The molecule has 2 aromatic rings. The third kappa shape index (κ3) is 1.65. The van der Waals surface area contributed by atoms with E-state index in [0.717, 1.165) is 12.1 Å². The zero-order valence-corrected chi connectivity index (χ0v) is 9.04. The van der Waals surface area contributed by atoms with Gasteiger partial charge in [-0.15, -0.1) is 0 Å². The van der Waals surface area contributed by atoms with Crippen LogP contribution in [-0.2, 0) is 13.1 Å². The summed E-state index contributed by atoms with van der Waals surface area (Å²) in [4.78, 5) is 4.15. The lowest BCUT2D eigenvalue weighted by atomic mass is 10.3. The highest BCUT2D eigenvalue weighted by Crippen LogP contribution is 2.22. The van der Waals surface area contributed by atoms with Gasteiger partial charge in [0, 0.05) is 6.54 Å². The normalized spacial score (nSPS) is 10.9. The topological polar surface area (TPSA) is 94.8 Å². The summed E-state index contributed by atoms with van der Waals surface area (Å²) in [5.74, 6) is 1.20. The zero-order chi connectivity index (χ0) is 11.5. The van der Waals surface area contributed by atoms with Gasteiger partial charge >= 0.3 is 0 Å². The molecule has 0 aromatic carbocycles. The van der Waals surface area contributed by atoms with Crippen molar-refractivity contribution < 1.29 is 5.11 Å². The number of nitrogen functional groups attached to an aromatic ring is 1. The van der Waals surface area contributed by atoms with Gasteiger partial charge in [0.2, 0.25) is 0 Å². The van der Waals surface area contributed by atoms with Gasteiger partial charge in [0.25, 0.3) is 0 Å². The molecule has 7 nitrogen and oxygen atoms in total. The molecule has 2 aromatic heterocycles. The Morgan fingerprint density at radius 1 is 1.38 bits per heavy atom. The van der Waals surface area contributed by atoms with Crippen LogP contribution in [0.15, 0.2) is 12.5 Å². The zero-order valence-electron chi connectivity index (χ0n) is 9.04. The van der Waals surface area contributed by atoms with Gasteiger partial charge in [-0.1, -0.05) is 0 Å². The second-order valence-corrected chi connectivity index (χ2v) is 3.29. The smallest absolute Gasteiger partial charge is 0.163 e. The molecule has 16 heavy (non-hydrogen) atoms. The molecule has 0 atom stereocenters. The van der Waals surface area contributed by atoms with Gasteiger partial charge in [0.1, 0.15) is 12.1 Å². The molecule has 2 rings (SSSR count). The third-order valence-electron chi connectivity index (χ3n) is 2.35. The first-order chi connectivity index (χ1) is 7.77. The molecule has 0 saturated carbocycles. The van der Waals surface area contributed by atoms with Crippen molar-refractivity contribution >= 4 is 5.82 Å². The molecule has 0 unspecified atom stereocenters. The molecule has 0 bridgehead atoms. The second kappa shape index (κ2) is 4.31. The van der Waals surface area contributed by atoms with E-state index in [1.54, 1.807) is 15.6 Å². The van der Waals surface area contributed by atoms with Crippen molar-refractivity contribution in [2.45, 2.75) is 20.0 Å². The predicted octanol–water partition coefficient (Wildman–Crippen LogP) is -0.264. The molecule has 0 spiro atoms. The highest BCUT2D eigenvalue weighted by Gasteiger charge is 2.14. The van der Waals surface area contributed by atoms with Crippen LogP contribution >= 0.6 is 0 Å². The molecular formula is C9H14N6O. The van der Waals surface area contributed by atoms with Crippen molar-refractivity contribution in [2.24, 2.45) is 0 Å². The van der Waals surface area contributed by atoms with Gasteiger partial charge in [-0.3, -0.25) is 0 Å². The van der Waals surface area contributed by atoms with Crippen LogP contribution in [0, 0.1) is 0 Å². The molecule has 0 aliphatic heterocycles. The number of aliphatic hydroxyl groups excluding tert-OH is 1. The lowest BCUT2D eigenvalue weighted by Gasteiger charge is -2.03. The van der Waals surface area contributed by atoms with Crippen molar-refractivity contribution in [3.63, 3.8) is 0 Å². The molecule has 86 valence electrons. The van der Waals surface area contributed by atoms with Gasteiger partial charge in [0.05, 0.1) is 24.9 Å². The number of nitrogens with zero attached hydrogens (tertiary/aromatic N) is 5. The Morgan fingerprint density at radius 2 is 2.19 bits per heavy atom. The molecule has 7 heteroatoms. The first kappa shape index (κ1) is 10.6. The van der Waals surface area contributed by atoms with Crippen LogP contribution in [0.4, 0.5) is 5.82 Å². The molecule has 2 heterocycles. The second-order valence-electron chi connectivity index (χ2n) is 3.29. The van der Waals surface area contributed by atoms with Crippen molar-refractivity contribution in [2.75, 3.05) is 12.3 Å². The minimum absolute atomic E-state index is 0.00574. The average molecular weight is 222 g/mol. The number of hydrogen-bond acceptors (Lipinski definition) is 5. The van der Waals surface area contributed by atoms with Crippen molar-refractivity contribution in [1.29, 1.82) is 0 Å². The van der Waals surface area contributed by atoms with E-state index in [-0.39, 0.29) is 6.61 Å². The molecular weight excluding hydrogens is 208 g/mol. The summed E-state index contributed by atoms with van der Waals surface area (Å²) in [6.45, 7) is 3.09. The molecule has 0 aliphatic rings. The SMILES string of the molecule is CCn1ncnc1-c1cnn(CCO)c1N. The van der Waals surface area contributed by atoms with Crippen LogP contribution in [0.1, 0.15) is 6.92 Å². The van der Waals surface area contributed by atoms with Gasteiger partial charge in [-0.05, 0) is 6.92 Å². The van der Waals surface area contributed by atoms with Crippen LogP contribution in [0.25, 0.3) is 11.4 Å². The largest absolute Gasteiger partial charge is 0.394 e. The monoisotopic (exact) mass is 222 g/mol. The lowest BCUT2D eigenvalue weighted by Crippen LogP contribution is -2.08. The Morgan fingerprint density at radius 3 is 2.88 bits per heavy atom. The number of hydrogen-bond donors (Lipinski definition) is 2. The van der Waals surface area contributed by atoms with E-state index in [1.165, 1.54) is 6.33 Å². The first-order valence-electron chi connectivity index (χ1n) is 5.08. The Hall–Kier alpha value is -1.89. The summed E-state index contributed by atoms with van der Waals surface area (Å²) in [5.41, 5.74) is 6.66. The van der Waals surface area contributed by atoms with Gasteiger partial charge in [-0.2, -0.15) is 10.2 Å². The van der Waals surface area contributed by atoms with E-state index in [9.17, 15) is 0 Å². The van der Waals surface area contributed by atoms with Crippen LogP contribution < -0.4 is 5.73 Å². The molecule has 0 aliphatic carbocycles. The van der Waals surface area contributed by atoms with Crippen molar-refractivity contribution in [3.05, 3.63) is 12.5 Å². The van der Waals surface area contributed by atoms with E-state index in [0.29, 0.717) is 18.2 Å². The van der Waals surface area contributed by atoms with Crippen LogP contribution in [0.3, 0.4) is 0 Å². The van der Waals surface area contributed by atoms with E-state index in [1.807, 2.05) is 6.92 Å². The number of anilines is 1. The van der Waals surface area contributed by atoms with Gasteiger partial charge in [0.15, 0.2) is 5.82 Å². The maximum Gasteiger partial charge on any atom is 0.163 e. The third-order valence-corrected chi connectivity index (χ3v) is 2.35. The summed E-state index contributed by atoms with van der Waals surface area (Å²) >= 11 is 0. The van der Waals surface area contributed by atoms with Crippen LogP contribution in [0.5, 0.6) is 0 Å². The lowest BCUT2D eigenvalue weighted by molar-refractivity contribution is 0.270. The average Bonchev–Trinajstić information content (AvgIpc) is 2.87. The summed E-state index contributed by atoms with van der Waals surface area (Å²) in [5, 5.41) is 17.0. The van der Waals surface area contributed by atoms with Gasteiger partial charge < -0.3 is 10.8 Å². The summed E-state index contributed by atoms with van der Waals surface area (Å²) in [7, 11) is 0. The van der Waals surface area contributed by atoms with E-state index in [4.69, 9.17) is 10.8 Å². The number of rotatable bonds is 4. The summed E-state index contributed by atoms with van der Waals surface area (Å²) in [6, 6.07) is 0. The fourth-order valence-corrected chi connectivity index (χ4v) is 1.54. The Kier molecular flexibility index (Phi) is 2.86. The molecule has 0 radical (unpaired) electrons. The van der Waals surface area contributed by atoms with Crippen LogP contribution in [0.2, 0.25) is 0 Å². The number of aryl methyl sites for hydroxylation is 1. The minimum atomic E-state index is 0.00574. The highest BCUT2D eigenvalue weighted by atomic mass is 16.3. The maximum absolute atomic E-state index is 8.84. The van der Waals surface area contributed by atoms with E-state index in [2.05, 4.69) is 15.2 Å². The van der Waals surface area contributed by atoms with Crippen molar-refractivity contribution in [3.8, 4) is 11.4 Å². The molecule has 0 saturated heterocycles. The number of aromatic nitrogens is 5. The Labute approximate surface area is 92.5 Å². The van der Waals surface area contributed by atoms with Crippen LogP contribution in [-0.4, -0.2) is 36.3 Å². The van der Waals surface area contributed by atoms with Gasteiger partial charge in [-0.25, -0.2) is 14.3 Å². The maximum atomic E-state index is 8.84. The summed E-state index contributed by atoms with van der Waals surface area (Å²) in [6.07, 6.45) is 3.13. The molecule has 0 amide bonds. The highest BCUT2D eigenvalue weighted by molar-refractivity contribution is 5.67. The fraction of sp³-hybridized carbons (Fsp3) is 0.444. The molecule has 0 fully saturated rings. The standard InChI is InChI=1S/C9H14N6O/c1-2-14-9(11-6-13-14)7-5-12-15(3-4-16)8(7)10/h5-6,16H,2-4,10H2,1H3. The number of aliphatic hydroxyl groups is 1. The van der Waals surface area contributed by atoms with Crippen molar-refractivity contribution in [1.82, 2.24) is 24.5 Å².